The number of carbonyl (C=O) groups excluding carboxylic acids is 3. The van der Waals surface area contributed by atoms with E-state index in [0.29, 0.717) is 36.7 Å². The molecule has 1 aliphatic heterocycles. The molecule has 1 N–H and O–H groups in total. The van der Waals surface area contributed by atoms with E-state index < -0.39 is 11.9 Å². The Labute approximate surface area is 160 Å². The van der Waals surface area contributed by atoms with Crippen LogP contribution in [0, 0.1) is 6.92 Å². The van der Waals surface area contributed by atoms with Crippen molar-refractivity contribution in [2.45, 2.75) is 13.8 Å². The van der Waals surface area contributed by atoms with Gasteiger partial charge in [0.25, 0.3) is 11.8 Å². The van der Waals surface area contributed by atoms with Crippen molar-refractivity contribution < 1.29 is 28.3 Å². The third-order valence-electron chi connectivity index (χ3n) is 4.09. The Morgan fingerprint density at radius 2 is 2.04 bits per heavy atom. The van der Waals surface area contributed by atoms with Gasteiger partial charge in [-0.3, -0.25) is 9.59 Å². The summed E-state index contributed by atoms with van der Waals surface area (Å²) < 4.78 is 15.5. The Balaban J connectivity index is 1.94. The van der Waals surface area contributed by atoms with Crippen LogP contribution in [0.4, 0.5) is 5.00 Å². The van der Waals surface area contributed by atoms with Crippen LogP contribution < -0.4 is 5.32 Å². The van der Waals surface area contributed by atoms with E-state index in [0.717, 1.165) is 11.3 Å². The lowest BCUT2D eigenvalue weighted by Crippen LogP contribution is -2.40. The summed E-state index contributed by atoms with van der Waals surface area (Å²) in [5.41, 5.74) is 0.683. The van der Waals surface area contributed by atoms with Crippen LogP contribution in [0.3, 0.4) is 0 Å². The minimum Gasteiger partial charge on any atom is -0.462 e. The molecule has 0 radical (unpaired) electrons. The van der Waals surface area contributed by atoms with Crippen molar-refractivity contribution in [2.75, 3.05) is 38.2 Å². The summed E-state index contributed by atoms with van der Waals surface area (Å²) in [5.74, 6) is -1.17. The lowest BCUT2D eigenvalue weighted by Gasteiger charge is -2.26. The maximum absolute atomic E-state index is 12.9. The lowest BCUT2D eigenvalue weighted by atomic mass is 10.1. The molecule has 1 saturated heterocycles. The first-order chi connectivity index (χ1) is 13.0. The molecule has 27 heavy (non-hydrogen) atoms. The number of carbonyl (C=O) groups is 3. The van der Waals surface area contributed by atoms with Gasteiger partial charge in [0.2, 0.25) is 0 Å². The van der Waals surface area contributed by atoms with E-state index in [1.54, 1.807) is 24.8 Å². The molecule has 0 atom stereocenters. The normalized spacial score (nSPS) is 14.1. The number of ether oxygens (including phenoxy) is 2. The van der Waals surface area contributed by atoms with Gasteiger partial charge < -0.3 is 24.1 Å². The molecule has 2 aromatic rings. The molecule has 3 heterocycles. The number of esters is 1. The third-order valence-corrected chi connectivity index (χ3v) is 5.29. The topological polar surface area (TPSA) is 98.1 Å². The average Bonchev–Trinajstić information content (AvgIpc) is 3.30. The van der Waals surface area contributed by atoms with Gasteiger partial charge in [0, 0.05) is 13.1 Å². The van der Waals surface area contributed by atoms with E-state index in [4.69, 9.17) is 13.9 Å². The minimum atomic E-state index is -0.581. The monoisotopic (exact) mass is 392 g/mol. The molecule has 0 aliphatic carbocycles. The Morgan fingerprint density at radius 3 is 2.67 bits per heavy atom. The summed E-state index contributed by atoms with van der Waals surface area (Å²) in [6, 6.07) is 3.11. The molecule has 3 rings (SSSR count). The molecule has 9 heteroatoms. The van der Waals surface area contributed by atoms with Gasteiger partial charge in [0.1, 0.15) is 5.00 Å². The number of nitrogens with zero attached hydrogens (tertiary/aromatic N) is 1. The predicted octanol–water partition coefficient (Wildman–Crippen LogP) is 2.55. The highest BCUT2D eigenvalue weighted by Crippen LogP contribution is 2.35. The molecule has 1 aliphatic rings. The first kappa shape index (κ1) is 19.1. The van der Waals surface area contributed by atoms with E-state index in [-0.39, 0.29) is 28.8 Å². The molecule has 8 nitrogen and oxygen atoms in total. The number of nitrogens with one attached hydrogen (secondary N) is 1. The molecule has 0 unspecified atom stereocenters. The van der Waals surface area contributed by atoms with E-state index >= 15 is 0 Å². The molecular weight excluding hydrogens is 372 g/mol. The SMILES string of the molecule is CCOC(=O)c1c(NC(=O)c2ccco2)sc(C(=O)N2CCOCC2)c1C. The molecule has 0 aromatic carbocycles. The Morgan fingerprint density at radius 1 is 1.30 bits per heavy atom. The van der Waals surface area contributed by atoms with Crippen LogP contribution >= 0.6 is 11.3 Å². The Hall–Kier alpha value is -2.65. The summed E-state index contributed by atoms with van der Waals surface area (Å²) in [7, 11) is 0. The molecule has 1 fully saturated rings. The van der Waals surface area contributed by atoms with E-state index in [9.17, 15) is 14.4 Å². The van der Waals surface area contributed by atoms with Crippen LogP contribution in [-0.4, -0.2) is 55.6 Å². The van der Waals surface area contributed by atoms with Crippen LogP contribution in [0.15, 0.2) is 22.8 Å². The number of hydrogen-bond acceptors (Lipinski definition) is 7. The summed E-state index contributed by atoms with van der Waals surface area (Å²) in [4.78, 5) is 39.7. The third kappa shape index (κ3) is 4.04. The zero-order valence-corrected chi connectivity index (χ0v) is 15.9. The summed E-state index contributed by atoms with van der Waals surface area (Å²) in [6.07, 6.45) is 1.38. The Bertz CT molecular complexity index is 836. The average molecular weight is 392 g/mol. The van der Waals surface area contributed by atoms with E-state index in [1.807, 2.05) is 0 Å². The molecule has 144 valence electrons. The van der Waals surface area contributed by atoms with Gasteiger partial charge in [-0.2, -0.15) is 0 Å². The first-order valence-corrected chi connectivity index (χ1v) is 9.37. The first-order valence-electron chi connectivity index (χ1n) is 8.55. The number of anilines is 1. The fraction of sp³-hybridized carbons (Fsp3) is 0.389. The van der Waals surface area contributed by atoms with Gasteiger partial charge >= 0.3 is 5.97 Å². The van der Waals surface area contributed by atoms with Crippen LogP contribution in [0.5, 0.6) is 0 Å². The summed E-state index contributed by atoms with van der Waals surface area (Å²) in [6.45, 7) is 5.48. The van der Waals surface area contributed by atoms with Crippen molar-refractivity contribution in [3.05, 3.63) is 40.2 Å². The number of thiophene rings is 1. The smallest absolute Gasteiger partial charge is 0.341 e. The second-order valence-corrected chi connectivity index (χ2v) is 6.84. The van der Waals surface area contributed by atoms with Crippen molar-refractivity contribution in [3.8, 4) is 0 Å². The molecule has 0 spiro atoms. The minimum absolute atomic E-state index is 0.108. The van der Waals surface area contributed by atoms with Gasteiger partial charge in [0.15, 0.2) is 5.76 Å². The highest BCUT2D eigenvalue weighted by molar-refractivity contribution is 7.18. The van der Waals surface area contributed by atoms with E-state index in [2.05, 4.69) is 5.32 Å². The van der Waals surface area contributed by atoms with Gasteiger partial charge in [-0.1, -0.05) is 0 Å². The number of morpholine rings is 1. The van der Waals surface area contributed by atoms with Gasteiger partial charge in [-0.15, -0.1) is 11.3 Å². The van der Waals surface area contributed by atoms with E-state index in [1.165, 1.54) is 12.3 Å². The molecule has 0 saturated carbocycles. The molecule has 2 amide bonds. The Kier molecular flexibility index (Phi) is 5.92. The lowest BCUT2D eigenvalue weighted by molar-refractivity contribution is 0.0305. The highest BCUT2D eigenvalue weighted by Gasteiger charge is 2.29. The zero-order valence-electron chi connectivity index (χ0n) is 15.1. The molecular formula is C18H20N2O6S. The summed E-state index contributed by atoms with van der Waals surface area (Å²) in [5, 5.41) is 2.93. The number of amides is 2. The van der Waals surface area contributed by atoms with Crippen molar-refractivity contribution in [3.63, 3.8) is 0 Å². The van der Waals surface area contributed by atoms with Crippen LogP contribution in [0.25, 0.3) is 0 Å². The fourth-order valence-electron chi connectivity index (χ4n) is 2.74. The quantitative estimate of drug-likeness (QED) is 0.786. The summed E-state index contributed by atoms with van der Waals surface area (Å²) >= 11 is 1.06. The van der Waals surface area contributed by atoms with Crippen LogP contribution in [0.1, 0.15) is 43.1 Å². The maximum Gasteiger partial charge on any atom is 0.341 e. The van der Waals surface area contributed by atoms with Crippen molar-refractivity contribution >= 4 is 34.1 Å². The highest BCUT2D eigenvalue weighted by atomic mass is 32.1. The number of hydrogen-bond donors (Lipinski definition) is 1. The van der Waals surface area contributed by atoms with Crippen molar-refractivity contribution in [2.24, 2.45) is 0 Å². The predicted molar refractivity (Wildman–Crippen MR) is 98.4 cm³/mol. The van der Waals surface area contributed by atoms with Crippen molar-refractivity contribution in [1.29, 1.82) is 0 Å². The van der Waals surface area contributed by atoms with Crippen LogP contribution in [-0.2, 0) is 9.47 Å². The second kappa shape index (κ2) is 8.36. The largest absolute Gasteiger partial charge is 0.462 e. The van der Waals surface area contributed by atoms with Gasteiger partial charge in [-0.25, -0.2) is 4.79 Å². The standard InChI is InChI=1S/C18H20N2O6S/c1-3-25-18(23)13-11(2)14(17(22)20-6-9-24-10-7-20)27-16(13)19-15(21)12-5-4-8-26-12/h4-5,8H,3,6-7,9-10H2,1-2H3,(H,19,21). The number of rotatable bonds is 5. The maximum atomic E-state index is 12.9. The fourth-order valence-corrected chi connectivity index (χ4v) is 3.90. The zero-order chi connectivity index (χ0) is 19.4. The van der Waals surface area contributed by atoms with Crippen molar-refractivity contribution in [1.82, 2.24) is 4.90 Å². The van der Waals surface area contributed by atoms with Crippen LogP contribution in [0.2, 0.25) is 0 Å². The molecule has 0 bridgehead atoms. The second-order valence-electron chi connectivity index (χ2n) is 5.82. The number of furan rings is 1. The molecule has 2 aromatic heterocycles. The van der Waals surface area contributed by atoms with Gasteiger partial charge in [0.05, 0.1) is 36.5 Å². The van der Waals surface area contributed by atoms with Gasteiger partial charge in [-0.05, 0) is 31.5 Å².